The molecule has 4 nitrogen and oxygen atoms in total. The largest absolute Gasteiger partial charge is 0.417 e. The third-order valence-corrected chi connectivity index (χ3v) is 6.52. The van der Waals surface area contributed by atoms with Crippen LogP contribution in [0, 0.1) is 0 Å². The molecule has 2 aromatic rings. The average Bonchev–Trinajstić information content (AvgIpc) is 3.00. The molecule has 1 aliphatic carbocycles. The molecule has 0 saturated heterocycles. The number of carbonyl (C=O) groups excluding carboxylic acids is 2. The Morgan fingerprint density at radius 3 is 2.31 bits per heavy atom. The summed E-state index contributed by atoms with van der Waals surface area (Å²) in [6.07, 6.45) is -0.819. The number of nitrogens with zero attached hydrogens (tertiary/aromatic N) is 2. The van der Waals surface area contributed by atoms with E-state index in [4.69, 9.17) is 28.2 Å². The molecule has 0 aromatic heterocycles. The third-order valence-electron chi connectivity index (χ3n) is 5.94. The highest BCUT2D eigenvalue weighted by atomic mass is 35.5. The Hall–Kier alpha value is -2.38. The summed E-state index contributed by atoms with van der Waals surface area (Å²) in [4.78, 5) is 32.5. The van der Waals surface area contributed by atoms with E-state index in [1.165, 1.54) is 11.0 Å². The van der Waals surface area contributed by atoms with Crippen molar-refractivity contribution >= 4 is 40.6 Å². The van der Waals surface area contributed by atoms with Crippen LogP contribution in [0.1, 0.15) is 53.6 Å². The van der Waals surface area contributed by atoms with Gasteiger partial charge in [0, 0.05) is 16.1 Å². The number of benzene rings is 2. The topological polar surface area (TPSA) is 49.7 Å². The van der Waals surface area contributed by atoms with Crippen LogP contribution in [0.2, 0.25) is 10.0 Å². The fourth-order valence-corrected chi connectivity index (χ4v) is 4.65. The Kier molecular flexibility index (Phi) is 6.07. The summed E-state index contributed by atoms with van der Waals surface area (Å²) in [5, 5.41) is 0.0332. The third kappa shape index (κ3) is 4.28. The Labute approximate surface area is 193 Å². The molecule has 1 spiro atoms. The van der Waals surface area contributed by atoms with Gasteiger partial charge in [0.05, 0.1) is 17.1 Å². The molecule has 1 saturated carbocycles. The van der Waals surface area contributed by atoms with Gasteiger partial charge in [-0.15, -0.1) is 0 Å². The van der Waals surface area contributed by atoms with Crippen LogP contribution in [-0.4, -0.2) is 34.5 Å². The number of amides is 1. The maximum Gasteiger partial charge on any atom is 0.417 e. The molecule has 32 heavy (non-hydrogen) atoms. The summed E-state index contributed by atoms with van der Waals surface area (Å²) in [7, 11) is 0. The van der Waals surface area contributed by atoms with Crippen molar-refractivity contribution in [2.75, 3.05) is 6.54 Å². The number of carbonyl (C=O) groups is 2. The molecule has 168 valence electrons. The number of hydrogen-bond acceptors (Lipinski definition) is 3. The number of aliphatic imine (C=N–C) groups is 1. The predicted molar refractivity (Wildman–Crippen MR) is 116 cm³/mol. The first-order valence-corrected chi connectivity index (χ1v) is 10.9. The number of Topliss-reactive ketones (excluding diaryl/α,β-unsaturated/α-hetero) is 1. The first kappa shape index (κ1) is 22.8. The first-order chi connectivity index (χ1) is 15.1. The van der Waals surface area contributed by atoms with E-state index in [0.717, 1.165) is 31.4 Å². The zero-order valence-electron chi connectivity index (χ0n) is 16.9. The highest BCUT2D eigenvalue weighted by Crippen LogP contribution is 2.40. The van der Waals surface area contributed by atoms with Gasteiger partial charge in [-0.25, -0.2) is 0 Å². The molecule has 0 bridgehead atoms. The second kappa shape index (κ2) is 8.52. The minimum Gasteiger partial charge on any atom is -0.305 e. The van der Waals surface area contributed by atoms with Crippen LogP contribution in [0.25, 0.3) is 0 Å². The zero-order chi connectivity index (χ0) is 23.1. The highest BCUT2D eigenvalue weighted by molar-refractivity contribution is 6.47. The van der Waals surface area contributed by atoms with Crippen molar-refractivity contribution in [1.82, 2.24) is 4.90 Å². The van der Waals surface area contributed by atoms with E-state index in [1.54, 1.807) is 24.3 Å². The quantitative estimate of drug-likeness (QED) is 0.488. The van der Waals surface area contributed by atoms with Gasteiger partial charge >= 0.3 is 6.18 Å². The fraction of sp³-hybridized carbons (Fsp3) is 0.348. The van der Waals surface area contributed by atoms with E-state index in [1.807, 2.05) is 0 Å². The lowest BCUT2D eigenvalue weighted by molar-refractivity contribution is -0.137. The summed E-state index contributed by atoms with van der Waals surface area (Å²) in [5.41, 5.74) is -1.27. The summed E-state index contributed by atoms with van der Waals surface area (Å²) in [5.74, 6) is -1.01. The van der Waals surface area contributed by atoms with Crippen molar-refractivity contribution in [1.29, 1.82) is 0 Å². The van der Waals surface area contributed by atoms with Crippen molar-refractivity contribution in [3.05, 3.63) is 69.2 Å². The lowest BCUT2D eigenvalue weighted by Crippen LogP contribution is -2.50. The molecule has 4 rings (SSSR count). The van der Waals surface area contributed by atoms with Crippen LogP contribution in [0.15, 0.2) is 47.5 Å². The van der Waals surface area contributed by atoms with Gasteiger partial charge in [0.25, 0.3) is 5.91 Å². The summed E-state index contributed by atoms with van der Waals surface area (Å²) >= 11 is 11.6. The van der Waals surface area contributed by atoms with Crippen LogP contribution >= 0.6 is 23.2 Å². The van der Waals surface area contributed by atoms with Gasteiger partial charge in [-0.05, 0) is 56.0 Å². The number of ketones is 1. The monoisotopic (exact) mass is 482 g/mol. The van der Waals surface area contributed by atoms with Gasteiger partial charge in [0.1, 0.15) is 11.4 Å². The average molecular weight is 483 g/mol. The smallest absolute Gasteiger partial charge is 0.305 e. The minimum absolute atomic E-state index is 0.152. The normalized spacial score (nSPS) is 18.2. The SMILES string of the molecule is O=C(CN1C(=O)C(c2ccc(Cl)cc2)=NC12CCCCC2)c1ccc(Cl)c(C(F)(F)F)c1. The molecule has 2 aromatic carbocycles. The molecule has 0 N–H and O–H groups in total. The molecule has 0 atom stereocenters. The van der Waals surface area contributed by atoms with Crippen LogP contribution in [0.4, 0.5) is 13.2 Å². The van der Waals surface area contributed by atoms with Gasteiger partial charge in [0.15, 0.2) is 5.78 Å². The van der Waals surface area contributed by atoms with Crippen molar-refractivity contribution < 1.29 is 22.8 Å². The first-order valence-electron chi connectivity index (χ1n) is 10.2. The van der Waals surface area contributed by atoms with E-state index in [0.29, 0.717) is 23.4 Å². The maximum atomic E-state index is 13.3. The van der Waals surface area contributed by atoms with Crippen LogP contribution in [0.3, 0.4) is 0 Å². The Balaban J connectivity index is 1.66. The Morgan fingerprint density at radius 1 is 1.03 bits per heavy atom. The van der Waals surface area contributed by atoms with Crippen molar-refractivity contribution in [3.63, 3.8) is 0 Å². The molecule has 0 unspecified atom stereocenters. The molecule has 9 heteroatoms. The number of rotatable bonds is 4. The number of halogens is 5. The summed E-state index contributed by atoms with van der Waals surface area (Å²) < 4.78 is 39.7. The van der Waals surface area contributed by atoms with Gasteiger partial charge in [0.2, 0.25) is 0 Å². The fourth-order valence-electron chi connectivity index (χ4n) is 4.30. The summed E-state index contributed by atoms with van der Waals surface area (Å²) in [6, 6.07) is 9.72. The van der Waals surface area contributed by atoms with Gasteiger partial charge in [-0.1, -0.05) is 41.8 Å². The number of alkyl halides is 3. The second-order valence-electron chi connectivity index (χ2n) is 8.02. The van der Waals surface area contributed by atoms with Crippen LogP contribution < -0.4 is 0 Å². The van der Waals surface area contributed by atoms with Crippen molar-refractivity contribution in [2.45, 2.75) is 43.9 Å². The zero-order valence-corrected chi connectivity index (χ0v) is 18.4. The van der Waals surface area contributed by atoms with E-state index in [-0.39, 0.29) is 17.8 Å². The molecule has 0 radical (unpaired) electrons. The van der Waals surface area contributed by atoms with Crippen LogP contribution in [-0.2, 0) is 11.0 Å². The highest BCUT2D eigenvalue weighted by Gasteiger charge is 2.48. The molecular weight excluding hydrogens is 464 g/mol. The van der Waals surface area contributed by atoms with Gasteiger partial charge < -0.3 is 4.90 Å². The summed E-state index contributed by atoms with van der Waals surface area (Å²) in [6.45, 7) is -0.363. The van der Waals surface area contributed by atoms with Gasteiger partial charge in [-0.3, -0.25) is 14.6 Å². The molecule has 1 amide bonds. The Morgan fingerprint density at radius 2 is 1.69 bits per heavy atom. The molecule has 2 aliphatic rings. The molecule has 1 heterocycles. The lowest BCUT2D eigenvalue weighted by Gasteiger charge is -2.38. The van der Waals surface area contributed by atoms with Crippen LogP contribution in [0.5, 0.6) is 0 Å². The van der Waals surface area contributed by atoms with E-state index in [2.05, 4.69) is 0 Å². The standard InChI is InChI=1S/C23H19Cl2F3N2O2/c24-16-7-4-14(5-8-16)20-21(32)30(22(29-20)10-2-1-3-11-22)13-19(31)15-6-9-18(25)17(12-15)23(26,27)28/h4-9,12H,1-3,10-11,13H2. The molecule has 1 aliphatic heterocycles. The van der Waals surface area contributed by atoms with Gasteiger partial charge in [-0.2, -0.15) is 13.2 Å². The van der Waals surface area contributed by atoms with E-state index in [9.17, 15) is 22.8 Å². The van der Waals surface area contributed by atoms with E-state index >= 15 is 0 Å². The Bertz CT molecular complexity index is 1090. The van der Waals surface area contributed by atoms with Crippen molar-refractivity contribution in [2.24, 2.45) is 4.99 Å². The van der Waals surface area contributed by atoms with Crippen molar-refractivity contribution in [3.8, 4) is 0 Å². The predicted octanol–water partition coefficient (Wildman–Crippen LogP) is 6.19. The number of hydrogen-bond donors (Lipinski definition) is 0. The minimum atomic E-state index is -4.69. The van der Waals surface area contributed by atoms with E-state index < -0.39 is 34.1 Å². The maximum absolute atomic E-state index is 13.3. The second-order valence-corrected chi connectivity index (χ2v) is 8.86. The molecule has 1 fully saturated rings. The molecular formula is C23H19Cl2F3N2O2. The lowest BCUT2D eigenvalue weighted by atomic mass is 9.88.